The molecule has 1 N–H and O–H groups in total. The van der Waals surface area contributed by atoms with Crippen LogP contribution in [-0.4, -0.2) is 42.8 Å². The molecule has 2 aromatic carbocycles. The van der Waals surface area contributed by atoms with E-state index >= 15 is 0 Å². The molecule has 1 aromatic heterocycles. The number of methoxy groups -OCH3 is 1. The first-order chi connectivity index (χ1) is 16.0. The maximum atomic E-state index is 12.9. The molecule has 1 amide bonds. The highest BCUT2D eigenvalue weighted by atomic mass is 32.2. The number of benzene rings is 2. The number of rotatable bonds is 7. The Bertz CT molecular complexity index is 1280. The quantitative estimate of drug-likeness (QED) is 0.219. The Morgan fingerprint density at radius 1 is 1.12 bits per heavy atom. The van der Waals surface area contributed by atoms with E-state index in [-0.39, 0.29) is 5.75 Å². The number of hydrogen-bond acceptors (Lipinski definition) is 8. The predicted molar refractivity (Wildman–Crippen MR) is 133 cm³/mol. The Balaban J connectivity index is 1.92. The van der Waals surface area contributed by atoms with Crippen LogP contribution in [0.2, 0.25) is 0 Å². The first-order valence-electron chi connectivity index (χ1n) is 10.8. The summed E-state index contributed by atoms with van der Waals surface area (Å²) in [7, 11) is 1.53. The molecule has 8 nitrogen and oxygen atoms in total. The fourth-order valence-corrected chi connectivity index (χ4v) is 3.91. The van der Waals surface area contributed by atoms with E-state index in [4.69, 9.17) is 18.6 Å². The standard InChI is InChI=1S/C25H29NO7S/c1-14-20(31-23(28)19(11-12-34-6)26-24(29)33-25(2,3)4)10-9-17-16-8-7-15(30-5)13-18(16)22(27)32-21(14)17/h7-10,13,19H,11-12H2,1-6H3,(H,26,29)/t19-/m1/s1. The average molecular weight is 488 g/mol. The van der Waals surface area contributed by atoms with Crippen molar-refractivity contribution < 1.29 is 28.2 Å². The fourth-order valence-electron chi connectivity index (χ4n) is 3.44. The maximum Gasteiger partial charge on any atom is 0.408 e. The Morgan fingerprint density at radius 3 is 2.47 bits per heavy atom. The van der Waals surface area contributed by atoms with Gasteiger partial charge in [0.05, 0.1) is 12.5 Å². The first kappa shape index (κ1) is 25.4. The zero-order valence-electron chi connectivity index (χ0n) is 20.1. The number of esters is 1. The summed E-state index contributed by atoms with van der Waals surface area (Å²) in [4.78, 5) is 37.8. The van der Waals surface area contributed by atoms with Crippen LogP contribution in [0.15, 0.2) is 39.5 Å². The number of ether oxygens (including phenoxy) is 3. The number of aryl methyl sites for hydroxylation is 1. The lowest BCUT2D eigenvalue weighted by Gasteiger charge is -2.23. The number of carbonyl (C=O) groups excluding carboxylic acids is 2. The largest absolute Gasteiger partial charge is 0.497 e. The van der Waals surface area contributed by atoms with E-state index in [0.29, 0.717) is 45.2 Å². The monoisotopic (exact) mass is 487 g/mol. The molecular weight excluding hydrogens is 458 g/mol. The zero-order chi connectivity index (χ0) is 25.0. The molecule has 34 heavy (non-hydrogen) atoms. The molecule has 0 bridgehead atoms. The molecule has 0 aliphatic carbocycles. The van der Waals surface area contributed by atoms with Crippen LogP contribution in [0.3, 0.4) is 0 Å². The van der Waals surface area contributed by atoms with Gasteiger partial charge in [0, 0.05) is 16.3 Å². The summed E-state index contributed by atoms with van der Waals surface area (Å²) in [6.07, 6.45) is 1.58. The van der Waals surface area contributed by atoms with Crippen molar-refractivity contribution in [2.45, 2.75) is 45.8 Å². The van der Waals surface area contributed by atoms with Gasteiger partial charge in [-0.25, -0.2) is 14.4 Å². The van der Waals surface area contributed by atoms with Gasteiger partial charge in [-0.15, -0.1) is 0 Å². The van der Waals surface area contributed by atoms with Crippen LogP contribution in [0.1, 0.15) is 32.8 Å². The summed E-state index contributed by atoms with van der Waals surface area (Å²) >= 11 is 1.55. The number of alkyl carbamates (subject to hydrolysis) is 1. The van der Waals surface area contributed by atoms with Gasteiger partial charge < -0.3 is 23.9 Å². The minimum atomic E-state index is -0.895. The molecule has 0 aliphatic heterocycles. The second kappa shape index (κ2) is 10.4. The number of amides is 1. The third-order valence-corrected chi connectivity index (χ3v) is 5.73. The van der Waals surface area contributed by atoms with Gasteiger partial charge in [-0.2, -0.15) is 11.8 Å². The smallest absolute Gasteiger partial charge is 0.408 e. The molecule has 0 unspecified atom stereocenters. The number of nitrogens with one attached hydrogen (secondary N) is 1. The molecule has 0 saturated heterocycles. The van der Waals surface area contributed by atoms with Crippen LogP contribution in [-0.2, 0) is 9.53 Å². The molecule has 0 aliphatic rings. The summed E-state index contributed by atoms with van der Waals surface area (Å²) in [5, 5.41) is 4.41. The van der Waals surface area contributed by atoms with Crippen LogP contribution in [0.25, 0.3) is 21.7 Å². The van der Waals surface area contributed by atoms with Crippen LogP contribution in [0.4, 0.5) is 4.79 Å². The fraction of sp³-hybridized carbons (Fsp3) is 0.400. The Kier molecular flexibility index (Phi) is 7.76. The van der Waals surface area contributed by atoms with E-state index in [1.165, 1.54) is 7.11 Å². The lowest BCUT2D eigenvalue weighted by Crippen LogP contribution is -2.45. The third-order valence-electron chi connectivity index (χ3n) is 5.08. The van der Waals surface area contributed by atoms with Gasteiger partial charge in [-0.3, -0.25) is 0 Å². The highest BCUT2D eigenvalue weighted by Crippen LogP contribution is 2.32. The molecule has 0 radical (unpaired) electrons. The Hall–Kier alpha value is -3.20. The number of hydrogen-bond donors (Lipinski definition) is 1. The predicted octanol–water partition coefficient (Wildman–Crippen LogP) is 4.82. The van der Waals surface area contributed by atoms with Crippen molar-refractivity contribution in [2.75, 3.05) is 19.1 Å². The topological polar surface area (TPSA) is 104 Å². The SMILES string of the molecule is COc1ccc2c(c1)c(=O)oc1c(C)c(OC(=O)[C@@H](CCSC)NC(=O)OC(C)(C)C)ccc12. The third kappa shape index (κ3) is 5.83. The highest BCUT2D eigenvalue weighted by molar-refractivity contribution is 7.98. The normalized spacial score (nSPS) is 12.4. The Labute approximate surface area is 201 Å². The summed E-state index contributed by atoms with van der Waals surface area (Å²) in [5.41, 5.74) is -0.384. The molecule has 0 fully saturated rings. The molecule has 1 atom stereocenters. The van der Waals surface area contributed by atoms with E-state index in [2.05, 4.69) is 5.32 Å². The second-order valence-electron chi connectivity index (χ2n) is 8.77. The van der Waals surface area contributed by atoms with Gasteiger partial charge in [0.15, 0.2) is 0 Å². The minimum Gasteiger partial charge on any atom is -0.497 e. The van der Waals surface area contributed by atoms with Crippen molar-refractivity contribution in [1.29, 1.82) is 0 Å². The van der Waals surface area contributed by atoms with Crippen molar-refractivity contribution in [2.24, 2.45) is 0 Å². The summed E-state index contributed by atoms with van der Waals surface area (Å²) in [6, 6.07) is 7.68. The molecule has 3 rings (SSSR count). The number of carbonyl (C=O) groups is 2. The molecule has 1 heterocycles. The van der Waals surface area contributed by atoms with E-state index < -0.39 is 29.3 Å². The van der Waals surface area contributed by atoms with E-state index in [0.717, 1.165) is 0 Å². The summed E-state index contributed by atoms with van der Waals surface area (Å²) in [6.45, 7) is 6.94. The van der Waals surface area contributed by atoms with Crippen molar-refractivity contribution in [1.82, 2.24) is 5.32 Å². The Morgan fingerprint density at radius 2 is 1.82 bits per heavy atom. The lowest BCUT2D eigenvalue weighted by atomic mass is 10.0. The summed E-state index contributed by atoms with van der Waals surface area (Å²) in [5.74, 6) is 0.801. The van der Waals surface area contributed by atoms with Gasteiger partial charge in [-0.05, 0) is 76.5 Å². The van der Waals surface area contributed by atoms with Crippen molar-refractivity contribution >= 4 is 45.6 Å². The maximum absolute atomic E-state index is 12.9. The van der Waals surface area contributed by atoms with Crippen molar-refractivity contribution in [3.8, 4) is 11.5 Å². The molecule has 9 heteroatoms. The van der Waals surface area contributed by atoms with Crippen molar-refractivity contribution in [3.05, 3.63) is 46.3 Å². The van der Waals surface area contributed by atoms with Gasteiger partial charge in [0.1, 0.15) is 28.7 Å². The van der Waals surface area contributed by atoms with Crippen molar-refractivity contribution in [3.63, 3.8) is 0 Å². The van der Waals surface area contributed by atoms with Crippen LogP contribution in [0.5, 0.6) is 11.5 Å². The number of fused-ring (bicyclic) bond motifs is 3. The van der Waals surface area contributed by atoms with E-state index in [1.807, 2.05) is 6.26 Å². The highest BCUT2D eigenvalue weighted by Gasteiger charge is 2.26. The number of thioether (sulfide) groups is 1. The van der Waals surface area contributed by atoms with Gasteiger partial charge >= 0.3 is 17.7 Å². The molecule has 0 spiro atoms. The minimum absolute atomic E-state index is 0.244. The van der Waals surface area contributed by atoms with Gasteiger partial charge in [0.2, 0.25) is 0 Å². The second-order valence-corrected chi connectivity index (χ2v) is 9.75. The summed E-state index contributed by atoms with van der Waals surface area (Å²) < 4.78 is 21.7. The first-order valence-corrected chi connectivity index (χ1v) is 12.2. The van der Waals surface area contributed by atoms with E-state index in [1.54, 1.807) is 69.8 Å². The van der Waals surface area contributed by atoms with Crippen LogP contribution in [0, 0.1) is 6.92 Å². The molecular formula is C25H29NO7S. The van der Waals surface area contributed by atoms with E-state index in [9.17, 15) is 14.4 Å². The van der Waals surface area contributed by atoms with Gasteiger partial charge in [-0.1, -0.05) is 0 Å². The van der Waals surface area contributed by atoms with Crippen LogP contribution >= 0.6 is 11.8 Å². The molecule has 182 valence electrons. The van der Waals surface area contributed by atoms with Crippen LogP contribution < -0.4 is 20.4 Å². The molecule has 0 saturated carbocycles. The van der Waals surface area contributed by atoms with Gasteiger partial charge in [0.25, 0.3) is 0 Å². The molecule has 3 aromatic rings. The lowest BCUT2D eigenvalue weighted by molar-refractivity contribution is -0.136. The zero-order valence-corrected chi connectivity index (χ0v) is 21.0. The average Bonchev–Trinajstić information content (AvgIpc) is 2.77.